The molecule has 3 heterocycles. The Labute approximate surface area is 130 Å². The van der Waals surface area contributed by atoms with E-state index in [1.54, 1.807) is 11.8 Å². The molecule has 122 valence electrons. The van der Waals surface area contributed by atoms with Crippen molar-refractivity contribution in [1.82, 2.24) is 9.80 Å². The summed E-state index contributed by atoms with van der Waals surface area (Å²) in [5.74, 6) is 0.112. The van der Waals surface area contributed by atoms with E-state index < -0.39 is 10.0 Å². The number of rotatable bonds is 2. The predicted molar refractivity (Wildman–Crippen MR) is 79.9 cm³/mol. The maximum absolute atomic E-state index is 12.6. The van der Waals surface area contributed by atoms with Crippen molar-refractivity contribution in [3.63, 3.8) is 0 Å². The summed E-state index contributed by atoms with van der Waals surface area (Å²) in [4.78, 5) is 16.9. The highest BCUT2D eigenvalue weighted by molar-refractivity contribution is 7.89. The van der Waals surface area contributed by atoms with Crippen molar-refractivity contribution in [2.75, 3.05) is 26.2 Å². The van der Waals surface area contributed by atoms with Crippen molar-refractivity contribution in [2.45, 2.75) is 37.3 Å². The first kappa shape index (κ1) is 15.5. The lowest BCUT2D eigenvalue weighted by molar-refractivity contribution is 0.0371. The average Bonchev–Trinajstić information content (AvgIpc) is 2.88. The standard InChI is InChI=1S/C14H21N3O4S/c1-10-12(8-13(21-10)22(15,19)20)14(18)17-7-6-16-5-3-2-4-11(16)9-17/h8,11H,2-7,9H2,1H3,(H2,15,19,20). The summed E-state index contributed by atoms with van der Waals surface area (Å²) in [5, 5.41) is 4.70. The molecule has 2 saturated heterocycles. The van der Waals surface area contributed by atoms with Crippen molar-refractivity contribution >= 4 is 15.9 Å². The monoisotopic (exact) mass is 327 g/mol. The lowest BCUT2D eigenvalue weighted by atomic mass is 9.99. The summed E-state index contributed by atoms with van der Waals surface area (Å²) in [7, 11) is -3.93. The van der Waals surface area contributed by atoms with Crippen molar-refractivity contribution < 1.29 is 17.6 Å². The Balaban J connectivity index is 1.78. The molecule has 1 unspecified atom stereocenters. The molecule has 1 amide bonds. The van der Waals surface area contributed by atoms with Gasteiger partial charge in [-0.3, -0.25) is 9.69 Å². The van der Waals surface area contributed by atoms with E-state index in [0.717, 1.165) is 19.5 Å². The summed E-state index contributed by atoms with van der Waals surface area (Å²) in [6.45, 7) is 4.90. The third-order valence-corrected chi connectivity index (χ3v) is 5.29. The molecule has 0 bridgehead atoms. The fourth-order valence-corrected chi connectivity index (χ4v) is 3.84. The molecule has 1 aromatic heterocycles. The predicted octanol–water partition coefficient (Wildman–Crippen LogP) is 0.546. The number of primary sulfonamides is 1. The largest absolute Gasteiger partial charge is 0.448 e. The average molecular weight is 327 g/mol. The van der Waals surface area contributed by atoms with Crippen molar-refractivity contribution in [2.24, 2.45) is 5.14 Å². The van der Waals surface area contributed by atoms with Gasteiger partial charge in [0.15, 0.2) is 0 Å². The van der Waals surface area contributed by atoms with Gasteiger partial charge in [0.1, 0.15) is 5.76 Å². The highest BCUT2D eigenvalue weighted by Crippen LogP contribution is 2.24. The Bertz CT molecular complexity index is 682. The van der Waals surface area contributed by atoms with E-state index >= 15 is 0 Å². The number of nitrogens with two attached hydrogens (primary N) is 1. The zero-order chi connectivity index (χ0) is 15.9. The van der Waals surface area contributed by atoms with Crippen LogP contribution in [-0.4, -0.2) is 56.3 Å². The Morgan fingerprint density at radius 1 is 1.32 bits per heavy atom. The SMILES string of the molecule is Cc1oc(S(N)(=O)=O)cc1C(=O)N1CCN2CCCCC2C1. The van der Waals surface area contributed by atoms with Gasteiger partial charge in [0.2, 0.25) is 5.09 Å². The van der Waals surface area contributed by atoms with Gasteiger partial charge in [0.05, 0.1) is 5.56 Å². The highest BCUT2D eigenvalue weighted by atomic mass is 32.2. The number of carbonyl (C=O) groups is 1. The van der Waals surface area contributed by atoms with Gasteiger partial charge >= 0.3 is 0 Å². The number of hydrogen-bond donors (Lipinski definition) is 1. The van der Waals surface area contributed by atoms with Crippen LogP contribution < -0.4 is 5.14 Å². The zero-order valence-electron chi connectivity index (χ0n) is 12.6. The van der Waals surface area contributed by atoms with Crippen molar-refractivity contribution in [3.05, 3.63) is 17.4 Å². The van der Waals surface area contributed by atoms with Gasteiger partial charge in [-0.2, -0.15) is 0 Å². The van der Waals surface area contributed by atoms with E-state index in [1.165, 1.54) is 18.9 Å². The van der Waals surface area contributed by atoms with E-state index in [0.29, 0.717) is 24.9 Å². The first-order valence-corrected chi connectivity index (χ1v) is 9.07. The third kappa shape index (κ3) is 2.90. The van der Waals surface area contributed by atoms with Gasteiger partial charge in [0.25, 0.3) is 15.9 Å². The Morgan fingerprint density at radius 3 is 2.77 bits per heavy atom. The van der Waals surface area contributed by atoms with Crippen LogP contribution in [0.3, 0.4) is 0 Å². The molecule has 22 heavy (non-hydrogen) atoms. The molecule has 2 aliphatic rings. The fraction of sp³-hybridized carbons (Fsp3) is 0.643. The van der Waals surface area contributed by atoms with Crippen LogP contribution in [0.1, 0.15) is 35.4 Å². The Kier molecular flexibility index (Phi) is 4.00. The molecule has 8 heteroatoms. The maximum atomic E-state index is 12.6. The lowest BCUT2D eigenvalue weighted by Gasteiger charge is -2.44. The molecule has 0 aliphatic carbocycles. The van der Waals surface area contributed by atoms with E-state index in [-0.39, 0.29) is 16.6 Å². The molecule has 0 aromatic carbocycles. The summed E-state index contributed by atoms with van der Waals surface area (Å²) in [6, 6.07) is 1.65. The number of aryl methyl sites for hydroxylation is 1. The minimum Gasteiger partial charge on any atom is -0.448 e. The van der Waals surface area contributed by atoms with E-state index in [1.807, 2.05) is 0 Å². The number of carbonyl (C=O) groups excluding carboxylic acids is 1. The molecule has 2 N–H and O–H groups in total. The number of hydrogen-bond acceptors (Lipinski definition) is 5. The molecule has 0 saturated carbocycles. The molecule has 0 radical (unpaired) electrons. The van der Waals surface area contributed by atoms with Crippen LogP contribution in [0.5, 0.6) is 0 Å². The molecule has 2 aliphatic heterocycles. The number of fused-ring (bicyclic) bond motifs is 1. The number of piperidine rings is 1. The van der Waals surface area contributed by atoms with E-state index in [2.05, 4.69) is 4.90 Å². The minimum atomic E-state index is -3.93. The number of nitrogens with zero attached hydrogens (tertiary/aromatic N) is 2. The first-order chi connectivity index (χ1) is 10.4. The van der Waals surface area contributed by atoms with E-state index in [4.69, 9.17) is 9.56 Å². The quantitative estimate of drug-likeness (QED) is 0.855. The van der Waals surface area contributed by atoms with E-state index in [9.17, 15) is 13.2 Å². The number of piperazine rings is 1. The molecule has 2 fully saturated rings. The molecular formula is C14H21N3O4S. The molecule has 1 aromatic rings. The molecule has 7 nitrogen and oxygen atoms in total. The normalized spacial score (nSPS) is 23.4. The highest BCUT2D eigenvalue weighted by Gasteiger charge is 2.33. The molecule has 1 atom stereocenters. The Morgan fingerprint density at radius 2 is 2.09 bits per heavy atom. The van der Waals surface area contributed by atoms with Crippen LogP contribution >= 0.6 is 0 Å². The maximum Gasteiger partial charge on any atom is 0.271 e. The van der Waals surface area contributed by atoms with Gasteiger partial charge in [-0.15, -0.1) is 0 Å². The summed E-state index contributed by atoms with van der Waals surface area (Å²) < 4.78 is 27.8. The topological polar surface area (TPSA) is 96.8 Å². The number of amides is 1. The van der Waals surface area contributed by atoms with Gasteiger partial charge in [-0.1, -0.05) is 6.42 Å². The van der Waals surface area contributed by atoms with Crippen LogP contribution in [0.15, 0.2) is 15.6 Å². The second kappa shape index (κ2) is 5.68. The lowest BCUT2D eigenvalue weighted by Crippen LogP contribution is -2.56. The molecular weight excluding hydrogens is 306 g/mol. The smallest absolute Gasteiger partial charge is 0.271 e. The number of furan rings is 1. The van der Waals surface area contributed by atoms with Crippen LogP contribution in [-0.2, 0) is 10.0 Å². The number of sulfonamides is 1. The molecule has 0 spiro atoms. The zero-order valence-corrected chi connectivity index (χ0v) is 13.4. The summed E-state index contributed by atoms with van der Waals surface area (Å²) in [5.41, 5.74) is 0.285. The van der Waals surface area contributed by atoms with Crippen LogP contribution in [0, 0.1) is 6.92 Å². The minimum absolute atomic E-state index is 0.179. The van der Waals surface area contributed by atoms with Crippen molar-refractivity contribution in [3.8, 4) is 0 Å². The van der Waals surface area contributed by atoms with Gasteiger partial charge < -0.3 is 9.32 Å². The van der Waals surface area contributed by atoms with Crippen LogP contribution in [0.25, 0.3) is 0 Å². The second-order valence-corrected chi connectivity index (χ2v) is 7.51. The third-order valence-electron chi connectivity index (χ3n) is 4.53. The van der Waals surface area contributed by atoms with Gasteiger partial charge in [0, 0.05) is 31.7 Å². The van der Waals surface area contributed by atoms with Crippen molar-refractivity contribution in [1.29, 1.82) is 0 Å². The Hall–Kier alpha value is -1.38. The van der Waals surface area contributed by atoms with Crippen LogP contribution in [0.4, 0.5) is 0 Å². The van der Waals surface area contributed by atoms with Gasteiger partial charge in [-0.25, -0.2) is 13.6 Å². The molecule has 3 rings (SSSR count). The summed E-state index contributed by atoms with van der Waals surface area (Å²) in [6.07, 6.45) is 3.53. The van der Waals surface area contributed by atoms with Crippen LogP contribution in [0.2, 0.25) is 0 Å². The summed E-state index contributed by atoms with van der Waals surface area (Å²) >= 11 is 0. The fourth-order valence-electron chi connectivity index (χ4n) is 3.32. The van der Waals surface area contributed by atoms with Gasteiger partial charge in [-0.05, 0) is 26.3 Å². The second-order valence-electron chi connectivity index (χ2n) is 6.02. The first-order valence-electron chi connectivity index (χ1n) is 7.53.